The zero-order valence-electron chi connectivity index (χ0n) is 3.49. The van der Waals surface area contributed by atoms with Crippen molar-refractivity contribution in [3.05, 3.63) is 0 Å². The Kier molecular flexibility index (Phi) is 60.6. The molecule has 0 spiro atoms. The Bertz CT molecular complexity index is 30.7. The summed E-state index contributed by atoms with van der Waals surface area (Å²) in [4.78, 5) is 0. The van der Waals surface area contributed by atoms with E-state index in [1.807, 2.05) is 0 Å². The van der Waals surface area contributed by atoms with Crippen molar-refractivity contribution >= 4 is 31.4 Å². The SMILES string of the molecule is [Cd+2].[O]=[GeH][O-].[O]=[GeH][O-]. The fraction of sp³-hybridized carbons (Fsp3) is 0. The molecular weight excluding hydrogens is 322 g/mol. The Labute approximate surface area is 73.9 Å². The molecule has 0 heterocycles. The molecule has 0 bridgehead atoms. The molecule has 0 rings (SSSR count). The summed E-state index contributed by atoms with van der Waals surface area (Å²) in [5.74, 6) is 0. The van der Waals surface area contributed by atoms with E-state index in [-0.39, 0.29) is 27.3 Å². The number of hydrogen-bond donors (Lipinski definition) is 0. The molecule has 0 atom stereocenters. The molecule has 0 fully saturated rings. The van der Waals surface area contributed by atoms with E-state index in [9.17, 15) is 0 Å². The van der Waals surface area contributed by atoms with Gasteiger partial charge in [-0.05, 0) is 0 Å². The summed E-state index contributed by atoms with van der Waals surface area (Å²) in [6.07, 6.45) is 0. The molecular formula is H2CdGe2O4. The van der Waals surface area contributed by atoms with Gasteiger partial charge in [0.05, 0.1) is 0 Å². The Morgan fingerprint density at radius 1 is 1.00 bits per heavy atom. The maximum absolute atomic E-state index is 8.53. The second-order valence-corrected chi connectivity index (χ2v) is 1.00. The van der Waals surface area contributed by atoms with Gasteiger partial charge in [0.25, 0.3) is 0 Å². The molecule has 0 saturated carbocycles. The van der Waals surface area contributed by atoms with E-state index in [4.69, 9.17) is 15.8 Å². The predicted octanol–water partition coefficient (Wildman–Crippen LogP) is -3.92. The summed E-state index contributed by atoms with van der Waals surface area (Å²) in [6, 6.07) is 0. The van der Waals surface area contributed by atoms with Crippen molar-refractivity contribution in [3.8, 4) is 0 Å². The van der Waals surface area contributed by atoms with Gasteiger partial charge < -0.3 is 0 Å². The van der Waals surface area contributed by atoms with Gasteiger partial charge in [-0.3, -0.25) is 0 Å². The average Bonchev–Trinajstić information content (AvgIpc) is 1.39. The van der Waals surface area contributed by atoms with Crippen molar-refractivity contribution < 1.29 is 43.1 Å². The van der Waals surface area contributed by atoms with Gasteiger partial charge in [0.2, 0.25) is 0 Å². The molecule has 0 aliphatic heterocycles. The van der Waals surface area contributed by atoms with Crippen LogP contribution in [0.1, 0.15) is 0 Å². The summed E-state index contributed by atoms with van der Waals surface area (Å²) < 4.78 is 34.1. The minimum absolute atomic E-state index is 0. The summed E-state index contributed by atoms with van der Waals surface area (Å²) in [6.45, 7) is 0. The summed E-state index contributed by atoms with van der Waals surface area (Å²) >= 11 is -4.38. The van der Waals surface area contributed by atoms with Gasteiger partial charge >= 0.3 is 74.5 Å². The third kappa shape index (κ3) is 134. The van der Waals surface area contributed by atoms with Crippen LogP contribution < -0.4 is 8.27 Å². The van der Waals surface area contributed by atoms with E-state index in [0.717, 1.165) is 0 Å². The third-order valence-electron chi connectivity index (χ3n) is 0. The van der Waals surface area contributed by atoms with Crippen molar-refractivity contribution in [1.29, 1.82) is 0 Å². The summed E-state index contributed by atoms with van der Waals surface area (Å²) in [5.41, 5.74) is 0. The fourth-order valence-electron chi connectivity index (χ4n) is 0. The quantitative estimate of drug-likeness (QED) is 0.427. The Hall–Kier alpha value is 1.21. The van der Waals surface area contributed by atoms with Crippen LogP contribution in [-0.2, 0) is 34.9 Å². The molecule has 0 saturated heterocycles. The van der Waals surface area contributed by atoms with Gasteiger partial charge in [-0.2, -0.15) is 0 Å². The molecule has 7 heteroatoms. The molecule has 0 N–H and O–H groups in total. The molecule has 0 aliphatic rings. The molecule has 36 valence electrons. The topological polar surface area (TPSA) is 80.3 Å². The first-order valence-electron chi connectivity index (χ1n) is 0.943. The van der Waals surface area contributed by atoms with E-state index >= 15 is 0 Å². The molecule has 0 aliphatic carbocycles. The molecule has 4 nitrogen and oxygen atoms in total. The fourth-order valence-corrected chi connectivity index (χ4v) is 0. The van der Waals surface area contributed by atoms with Crippen LogP contribution in [0, 0.1) is 0 Å². The summed E-state index contributed by atoms with van der Waals surface area (Å²) in [7, 11) is 0. The number of rotatable bonds is 0. The second-order valence-electron chi connectivity index (χ2n) is 0.192. The molecule has 0 unspecified atom stereocenters. The van der Waals surface area contributed by atoms with Crippen LogP contribution in [0.4, 0.5) is 0 Å². The van der Waals surface area contributed by atoms with Crippen molar-refractivity contribution in [3.63, 3.8) is 0 Å². The first kappa shape index (κ1) is 15.7. The van der Waals surface area contributed by atoms with Gasteiger partial charge in [-0.25, -0.2) is 0 Å². The van der Waals surface area contributed by atoms with Crippen molar-refractivity contribution in [1.82, 2.24) is 0 Å². The molecule has 0 radical (unpaired) electrons. The van der Waals surface area contributed by atoms with Crippen molar-refractivity contribution in [2.24, 2.45) is 0 Å². The Balaban J connectivity index is -0.0000000400. The molecule has 0 aromatic heterocycles. The zero-order chi connectivity index (χ0) is 5.41. The first-order chi connectivity index (χ1) is 2.83. The van der Waals surface area contributed by atoms with Crippen LogP contribution in [0.15, 0.2) is 0 Å². The third-order valence-corrected chi connectivity index (χ3v) is 0. The molecule has 0 aromatic carbocycles. The Morgan fingerprint density at radius 3 is 1.00 bits per heavy atom. The van der Waals surface area contributed by atoms with Gasteiger partial charge in [-0.15, -0.1) is 0 Å². The normalized spacial score (nSPS) is 3.43. The van der Waals surface area contributed by atoms with E-state index < -0.39 is 31.4 Å². The van der Waals surface area contributed by atoms with Gasteiger partial charge in [0, 0.05) is 0 Å². The van der Waals surface area contributed by atoms with Crippen LogP contribution >= 0.6 is 0 Å². The first-order valence-corrected chi connectivity index (χ1v) is 4.90. The molecule has 7 heavy (non-hydrogen) atoms. The summed E-state index contributed by atoms with van der Waals surface area (Å²) in [5, 5.41) is 0. The number of hydrogen-bond acceptors (Lipinski definition) is 4. The molecule has 0 amide bonds. The van der Waals surface area contributed by atoms with Gasteiger partial charge in [0.15, 0.2) is 0 Å². The van der Waals surface area contributed by atoms with Crippen LogP contribution in [0.3, 0.4) is 0 Å². The standard InChI is InChI=1S/Cd.2GeHO2/c;2*2-1-3/h;2*1H/q+2;2*-1. The maximum atomic E-state index is 8.53. The monoisotopic (exact) mass is 328 g/mol. The van der Waals surface area contributed by atoms with E-state index in [1.54, 1.807) is 0 Å². The van der Waals surface area contributed by atoms with Crippen LogP contribution in [0.5, 0.6) is 0 Å². The predicted molar refractivity (Wildman–Crippen MR) is 15.7 cm³/mol. The van der Waals surface area contributed by atoms with E-state index in [0.29, 0.717) is 0 Å². The average molecular weight is 324 g/mol. The van der Waals surface area contributed by atoms with E-state index in [1.165, 1.54) is 0 Å². The van der Waals surface area contributed by atoms with Gasteiger partial charge in [0.1, 0.15) is 0 Å². The van der Waals surface area contributed by atoms with Crippen LogP contribution in [0.2, 0.25) is 0 Å². The van der Waals surface area contributed by atoms with Crippen LogP contribution in [0.25, 0.3) is 0 Å². The second kappa shape index (κ2) is 27.0. The van der Waals surface area contributed by atoms with E-state index in [2.05, 4.69) is 0 Å². The van der Waals surface area contributed by atoms with Gasteiger partial charge in [-0.1, -0.05) is 0 Å². The van der Waals surface area contributed by atoms with Crippen molar-refractivity contribution in [2.45, 2.75) is 0 Å². The van der Waals surface area contributed by atoms with Crippen molar-refractivity contribution in [2.75, 3.05) is 0 Å². The minimum atomic E-state index is -2.19. The Morgan fingerprint density at radius 2 is 1.00 bits per heavy atom. The van der Waals surface area contributed by atoms with Crippen LogP contribution in [-0.4, -0.2) is 31.4 Å². The molecule has 0 aromatic rings. The zero-order valence-corrected chi connectivity index (χ0v) is 12.4.